The molecule has 0 N–H and O–H groups in total. The molecule has 0 unspecified atom stereocenters. The summed E-state index contributed by atoms with van der Waals surface area (Å²) in [5, 5.41) is 2.97. The fourth-order valence-corrected chi connectivity index (χ4v) is 6.42. The monoisotopic (exact) mass is 573 g/mol. The van der Waals surface area contributed by atoms with Crippen LogP contribution in [0.3, 0.4) is 0 Å². The Morgan fingerprint density at radius 3 is 1.86 bits per heavy atom. The maximum Gasteiger partial charge on any atom is 0.143 e. The lowest BCUT2D eigenvalue weighted by Crippen LogP contribution is -1.95. The zero-order chi connectivity index (χ0) is 40.3. The van der Waals surface area contributed by atoms with E-state index in [1.165, 1.54) is 0 Å². The number of hydrogen-bond acceptors (Lipinski definition) is 1. The Morgan fingerprint density at radius 2 is 1.07 bits per heavy atom. The van der Waals surface area contributed by atoms with Gasteiger partial charge in [-0.05, 0) is 72.6 Å². The van der Waals surface area contributed by atoms with Crippen molar-refractivity contribution in [3.05, 3.63) is 169 Å². The minimum absolute atomic E-state index is 0.0243. The van der Waals surface area contributed by atoms with Gasteiger partial charge in [0.15, 0.2) is 0 Å². The molecular weight excluding hydrogens is 532 g/mol. The lowest BCUT2D eigenvalue weighted by molar-refractivity contribution is 0.670. The molecule has 0 aliphatic rings. The first-order valence-electron chi connectivity index (χ1n) is 20.7. The van der Waals surface area contributed by atoms with Crippen molar-refractivity contribution in [2.24, 2.45) is 0 Å². The van der Waals surface area contributed by atoms with Gasteiger partial charge in [0.1, 0.15) is 11.2 Å². The zero-order valence-electron chi connectivity index (χ0n) is 36.1. The molecule has 44 heavy (non-hydrogen) atoms. The van der Waals surface area contributed by atoms with E-state index in [1.807, 2.05) is 60.7 Å². The van der Waals surface area contributed by atoms with Crippen LogP contribution < -0.4 is 0 Å². The third kappa shape index (κ3) is 3.80. The fraction of sp³-hybridized carbons (Fsp3) is 0.0233. The molecular formula is C43H28O. The molecule has 0 aliphatic carbocycles. The second-order valence-corrected chi connectivity index (χ2v) is 10.6. The highest BCUT2D eigenvalue weighted by Gasteiger charge is 2.21. The molecule has 0 spiro atoms. The third-order valence-electron chi connectivity index (χ3n) is 8.26. The molecule has 1 nitrogen and oxygen atoms in total. The molecule has 0 saturated heterocycles. The van der Waals surface area contributed by atoms with Gasteiger partial charge in [0.25, 0.3) is 0 Å². The summed E-state index contributed by atoms with van der Waals surface area (Å²) >= 11 is 0. The van der Waals surface area contributed by atoms with E-state index in [-0.39, 0.29) is 38.2 Å². The number of furan rings is 1. The maximum absolute atomic E-state index is 9.36. The average Bonchev–Trinajstić information content (AvgIpc) is 3.62. The maximum atomic E-state index is 9.36. The average molecular weight is 574 g/mol. The largest absolute Gasteiger partial charge is 0.455 e. The van der Waals surface area contributed by atoms with Gasteiger partial charge in [-0.3, -0.25) is 0 Å². The molecule has 0 fully saturated rings. The van der Waals surface area contributed by atoms with Gasteiger partial charge in [-0.1, -0.05) is 151 Å². The first-order chi connectivity index (χ1) is 27.2. The van der Waals surface area contributed by atoms with Gasteiger partial charge in [-0.15, -0.1) is 0 Å². The predicted octanol–water partition coefficient (Wildman–Crippen LogP) is 12.0. The van der Waals surface area contributed by atoms with Crippen LogP contribution in [-0.4, -0.2) is 0 Å². The van der Waals surface area contributed by atoms with E-state index in [2.05, 4.69) is 0 Å². The van der Waals surface area contributed by atoms with Crippen molar-refractivity contribution >= 4 is 54.3 Å². The summed E-state index contributed by atoms with van der Waals surface area (Å²) in [6.07, 6.45) is -0.500. The van der Waals surface area contributed by atoms with E-state index in [4.69, 9.17) is 16.8 Å². The SMILES string of the molecule is [2H]c1c([2H])c([2H])c(Cc2c3c([2H])c([2H])c([2H])c([2H])c3c(-c3cccc4oc5c(-c6cccc7ccccc67)cccc5c34)c3c([2H])c([2H])c([2H])c([2H])c23)c([2H])c1[2H]. The van der Waals surface area contributed by atoms with Crippen LogP contribution in [-0.2, 0) is 6.42 Å². The van der Waals surface area contributed by atoms with Crippen molar-refractivity contribution in [1.82, 2.24) is 0 Å². The Hall–Kier alpha value is -5.66. The van der Waals surface area contributed by atoms with Gasteiger partial charge in [-0.25, -0.2) is 0 Å². The molecule has 1 heteroatoms. The summed E-state index contributed by atoms with van der Waals surface area (Å²) in [4.78, 5) is 0. The zero-order valence-corrected chi connectivity index (χ0v) is 23.1. The Balaban J connectivity index is 1.49. The smallest absolute Gasteiger partial charge is 0.143 e. The summed E-state index contributed by atoms with van der Waals surface area (Å²) in [6, 6.07) is 17.7. The van der Waals surface area contributed by atoms with E-state index < -0.39 is 85.0 Å². The van der Waals surface area contributed by atoms with Crippen LogP contribution in [0.4, 0.5) is 0 Å². The molecule has 206 valence electrons. The minimum atomic E-state index is -0.619. The first kappa shape index (κ1) is 15.2. The van der Waals surface area contributed by atoms with Crippen LogP contribution in [0.15, 0.2) is 162 Å². The Kier molecular flexibility index (Phi) is 3.44. The lowest BCUT2D eigenvalue weighted by Gasteiger charge is -2.18. The fourth-order valence-electron chi connectivity index (χ4n) is 6.42. The van der Waals surface area contributed by atoms with E-state index >= 15 is 0 Å². The second kappa shape index (κ2) is 9.97. The molecule has 0 saturated carbocycles. The lowest BCUT2D eigenvalue weighted by atomic mass is 9.85. The summed E-state index contributed by atoms with van der Waals surface area (Å²) < 4.78 is 121. The number of fused-ring (bicyclic) bond motifs is 6. The normalized spacial score (nSPS) is 15.9. The van der Waals surface area contributed by atoms with Crippen molar-refractivity contribution in [2.45, 2.75) is 6.42 Å². The second-order valence-electron chi connectivity index (χ2n) is 10.6. The topological polar surface area (TPSA) is 13.1 Å². The van der Waals surface area contributed by atoms with Crippen molar-refractivity contribution in [3.8, 4) is 22.3 Å². The van der Waals surface area contributed by atoms with Crippen LogP contribution in [0.5, 0.6) is 0 Å². The van der Waals surface area contributed by atoms with Gasteiger partial charge < -0.3 is 4.42 Å². The van der Waals surface area contributed by atoms with E-state index in [0.29, 0.717) is 27.5 Å². The summed E-state index contributed by atoms with van der Waals surface area (Å²) in [5.74, 6) is 0. The molecule has 9 aromatic rings. The van der Waals surface area contributed by atoms with E-state index in [1.54, 1.807) is 18.2 Å². The van der Waals surface area contributed by atoms with E-state index in [9.17, 15) is 5.48 Å². The van der Waals surface area contributed by atoms with Crippen molar-refractivity contribution < 1.29 is 22.2 Å². The van der Waals surface area contributed by atoms with Crippen LogP contribution >= 0.6 is 0 Å². The molecule has 0 amide bonds. The molecule has 0 bridgehead atoms. The van der Waals surface area contributed by atoms with Gasteiger partial charge in [0.05, 0.1) is 17.8 Å². The predicted molar refractivity (Wildman–Crippen MR) is 186 cm³/mol. The Labute approximate surface area is 273 Å². The first-order valence-corrected chi connectivity index (χ1v) is 14.2. The molecule has 0 aliphatic heterocycles. The van der Waals surface area contributed by atoms with Gasteiger partial charge in [0, 0.05) is 16.3 Å². The van der Waals surface area contributed by atoms with Crippen LogP contribution in [0.2, 0.25) is 0 Å². The third-order valence-corrected chi connectivity index (χ3v) is 8.26. The standard InChI is InChI=1S/C43H28O/c1-2-13-28(14-3-1)27-39-32-18-6-8-20-34(32)41(35-21-9-7-19-33(35)39)37-24-12-26-40-42(37)38-25-11-23-36(43(38)44-40)31-22-10-16-29-15-4-5-17-30(29)31/h1-26H,27H2/i1D,2D,3D,6D,7D,8D,9D,13D,14D,18D,19D,20D,21D. The highest BCUT2D eigenvalue weighted by Crippen LogP contribution is 2.46. The highest BCUT2D eigenvalue weighted by atomic mass is 16.3. The molecule has 8 aromatic carbocycles. The number of para-hydroxylation sites is 1. The van der Waals surface area contributed by atoms with E-state index in [0.717, 1.165) is 21.9 Å². The summed E-state index contributed by atoms with van der Waals surface area (Å²) in [6.45, 7) is 0. The quantitative estimate of drug-likeness (QED) is 0.191. The molecule has 0 radical (unpaired) electrons. The van der Waals surface area contributed by atoms with Crippen molar-refractivity contribution in [1.29, 1.82) is 0 Å². The molecule has 9 rings (SSSR count). The highest BCUT2D eigenvalue weighted by molar-refractivity contribution is 6.23. The van der Waals surface area contributed by atoms with Crippen molar-refractivity contribution in [2.75, 3.05) is 0 Å². The van der Waals surface area contributed by atoms with Crippen LogP contribution in [0, 0.1) is 0 Å². The van der Waals surface area contributed by atoms with Gasteiger partial charge in [0.2, 0.25) is 0 Å². The number of rotatable bonds is 4. The van der Waals surface area contributed by atoms with Gasteiger partial charge in [-0.2, -0.15) is 0 Å². The number of hydrogen-bond donors (Lipinski definition) is 0. The van der Waals surface area contributed by atoms with Crippen LogP contribution in [0.25, 0.3) is 76.5 Å². The van der Waals surface area contributed by atoms with Crippen LogP contribution in [0.1, 0.15) is 28.9 Å². The molecule has 1 aromatic heterocycles. The molecule has 1 heterocycles. The number of benzene rings is 8. The van der Waals surface area contributed by atoms with Gasteiger partial charge >= 0.3 is 0 Å². The Bertz CT molecular complexity index is 3140. The van der Waals surface area contributed by atoms with Crippen molar-refractivity contribution in [3.63, 3.8) is 0 Å². The minimum Gasteiger partial charge on any atom is -0.455 e. The molecule has 0 atom stereocenters. The summed E-state index contributed by atoms with van der Waals surface area (Å²) in [5.41, 5.74) is 3.00. The Morgan fingerprint density at radius 1 is 0.477 bits per heavy atom. The summed E-state index contributed by atoms with van der Waals surface area (Å²) in [7, 11) is 0.